The molecule has 0 aromatic heterocycles. The first-order valence-electron chi connectivity index (χ1n) is 7.02. The summed E-state index contributed by atoms with van der Waals surface area (Å²) >= 11 is 0. The molecule has 0 radical (unpaired) electrons. The second-order valence-corrected chi connectivity index (χ2v) is 5.49. The van der Waals surface area contributed by atoms with Gasteiger partial charge in [-0.1, -0.05) is 24.3 Å². The smallest absolute Gasteiger partial charge is 0.281 e. The minimum Gasteiger partial charge on any atom is -0.382 e. The molecule has 0 fully saturated rings. The molecule has 1 amide bonds. The van der Waals surface area contributed by atoms with Gasteiger partial charge in [-0.2, -0.15) is 0 Å². The van der Waals surface area contributed by atoms with Crippen molar-refractivity contribution in [1.82, 2.24) is 0 Å². The van der Waals surface area contributed by atoms with Crippen LogP contribution in [-0.2, 0) is 6.42 Å². The lowest BCUT2D eigenvalue weighted by molar-refractivity contribution is -0.110. The number of primary amides is 1. The van der Waals surface area contributed by atoms with E-state index in [2.05, 4.69) is 0 Å². The molecule has 0 saturated heterocycles. The second-order valence-electron chi connectivity index (χ2n) is 5.49. The summed E-state index contributed by atoms with van der Waals surface area (Å²) < 4.78 is 55.7. The van der Waals surface area contributed by atoms with E-state index in [1.807, 2.05) is 0 Å². The van der Waals surface area contributed by atoms with E-state index < -0.39 is 47.1 Å². The molecule has 2 aromatic rings. The van der Waals surface area contributed by atoms with Crippen LogP contribution in [-0.4, -0.2) is 16.9 Å². The van der Waals surface area contributed by atoms with Gasteiger partial charge in [0.2, 0.25) is 0 Å². The highest BCUT2D eigenvalue weighted by Gasteiger charge is 2.40. The monoisotopic (exact) mass is 341 g/mol. The average molecular weight is 341 g/mol. The van der Waals surface area contributed by atoms with Crippen LogP contribution >= 0.6 is 0 Å². The van der Waals surface area contributed by atoms with Gasteiger partial charge in [0, 0.05) is 6.42 Å². The minimum atomic E-state index is -3.73. The largest absolute Gasteiger partial charge is 0.382 e. The van der Waals surface area contributed by atoms with E-state index in [0.29, 0.717) is 0 Å². The van der Waals surface area contributed by atoms with Gasteiger partial charge >= 0.3 is 0 Å². The summed E-state index contributed by atoms with van der Waals surface area (Å²) in [6.45, 7) is 1.43. The first-order valence-corrected chi connectivity index (χ1v) is 7.02. The molecule has 0 aliphatic rings. The predicted molar refractivity (Wildman–Crippen MR) is 79.7 cm³/mol. The summed E-state index contributed by atoms with van der Waals surface area (Å²) in [5.74, 6) is -6.56. The summed E-state index contributed by atoms with van der Waals surface area (Å²) in [4.78, 5) is 11.3. The topological polar surface area (TPSA) is 63.3 Å². The fraction of sp³-hybridized carbons (Fsp3) is 0.235. The molecular weight excluding hydrogens is 326 g/mol. The average Bonchev–Trinajstić information content (AvgIpc) is 2.50. The van der Waals surface area contributed by atoms with Gasteiger partial charge in [0.05, 0.1) is 5.56 Å². The van der Waals surface area contributed by atoms with E-state index in [9.17, 15) is 27.5 Å². The highest BCUT2D eigenvalue weighted by atomic mass is 19.3. The van der Waals surface area contributed by atoms with Crippen molar-refractivity contribution in [1.29, 1.82) is 0 Å². The highest BCUT2D eigenvalue weighted by Crippen LogP contribution is 2.35. The number of carbonyl (C=O) groups is 1. The van der Waals surface area contributed by atoms with Crippen LogP contribution in [0.1, 0.15) is 33.2 Å². The summed E-state index contributed by atoms with van der Waals surface area (Å²) in [7, 11) is 0. The van der Waals surface area contributed by atoms with Gasteiger partial charge in [-0.05, 0) is 35.7 Å². The number of carbonyl (C=O) groups excluding carboxylic acids is 1. The SMILES string of the molecule is Cc1ccc(CC(F)(F)C(O)c2ccc(F)cc2)c(F)c1C(N)=O. The lowest BCUT2D eigenvalue weighted by Gasteiger charge is -2.23. The van der Waals surface area contributed by atoms with Crippen LogP contribution in [0, 0.1) is 18.6 Å². The Labute approximate surface area is 135 Å². The zero-order valence-electron chi connectivity index (χ0n) is 12.7. The predicted octanol–water partition coefficient (Wildman–Crippen LogP) is 3.28. The van der Waals surface area contributed by atoms with E-state index in [1.54, 1.807) is 0 Å². The molecule has 0 aliphatic heterocycles. The van der Waals surface area contributed by atoms with Crippen molar-refractivity contribution in [3.05, 3.63) is 70.3 Å². The Hall–Kier alpha value is -2.41. The number of alkyl halides is 2. The number of aryl methyl sites for hydroxylation is 1. The number of aliphatic hydroxyl groups excluding tert-OH is 1. The van der Waals surface area contributed by atoms with Crippen molar-refractivity contribution in [2.75, 3.05) is 0 Å². The first kappa shape index (κ1) is 17.9. The molecule has 0 spiro atoms. The van der Waals surface area contributed by atoms with Crippen LogP contribution in [0.4, 0.5) is 17.6 Å². The fourth-order valence-corrected chi connectivity index (χ4v) is 2.39. The van der Waals surface area contributed by atoms with Gasteiger partial charge in [0.1, 0.15) is 17.7 Å². The molecule has 1 atom stereocenters. The molecule has 1 unspecified atom stereocenters. The molecule has 2 rings (SSSR count). The van der Waals surface area contributed by atoms with Crippen molar-refractivity contribution in [3.8, 4) is 0 Å². The van der Waals surface area contributed by atoms with Gasteiger partial charge in [-0.25, -0.2) is 17.6 Å². The third kappa shape index (κ3) is 3.56. The maximum Gasteiger partial charge on any atom is 0.281 e. The lowest BCUT2D eigenvalue weighted by Crippen LogP contribution is -2.30. The van der Waals surface area contributed by atoms with Crippen LogP contribution in [0.15, 0.2) is 36.4 Å². The zero-order valence-corrected chi connectivity index (χ0v) is 12.7. The van der Waals surface area contributed by atoms with Crippen LogP contribution in [0.25, 0.3) is 0 Å². The Morgan fingerprint density at radius 1 is 1.17 bits per heavy atom. The fourth-order valence-electron chi connectivity index (χ4n) is 2.39. The molecule has 0 bridgehead atoms. The normalized spacial score (nSPS) is 12.9. The number of rotatable bonds is 5. The summed E-state index contributed by atoms with van der Waals surface area (Å²) in [5, 5.41) is 9.84. The molecule has 3 nitrogen and oxygen atoms in total. The van der Waals surface area contributed by atoms with E-state index in [4.69, 9.17) is 5.73 Å². The number of benzene rings is 2. The van der Waals surface area contributed by atoms with E-state index in [0.717, 1.165) is 30.3 Å². The summed E-state index contributed by atoms with van der Waals surface area (Å²) in [6, 6.07) is 6.34. The minimum absolute atomic E-state index is 0.205. The van der Waals surface area contributed by atoms with Crippen LogP contribution in [0.2, 0.25) is 0 Å². The van der Waals surface area contributed by atoms with E-state index >= 15 is 0 Å². The number of hydrogen-bond donors (Lipinski definition) is 2. The van der Waals surface area contributed by atoms with Gasteiger partial charge in [0.25, 0.3) is 11.8 Å². The van der Waals surface area contributed by atoms with Gasteiger partial charge in [-0.15, -0.1) is 0 Å². The molecule has 128 valence electrons. The lowest BCUT2D eigenvalue weighted by atomic mass is 9.94. The first-order chi connectivity index (χ1) is 11.1. The number of hydrogen-bond acceptors (Lipinski definition) is 2. The van der Waals surface area contributed by atoms with Gasteiger partial charge < -0.3 is 10.8 Å². The van der Waals surface area contributed by atoms with E-state index in [-0.39, 0.29) is 11.1 Å². The quantitative estimate of drug-likeness (QED) is 0.820. The molecule has 24 heavy (non-hydrogen) atoms. The number of halogens is 4. The van der Waals surface area contributed by atoms with E-state index in [1.165, 1.54) is 13.0 Å². The van der Waals surface area contributed by atoms with Crippen molar-refractivity contribution >= 4 is 5.91 Å². The summed E-state index contributed by atoms with van der Waals surface area (Å²) in [6.07, 6.45) is -3.39. The number of aliphatic hydroxyl groups is 1. The Morgan fingerprint density at radius 3 is 2.29 bits per heavy atom. The maximum absolute atomic E-state index is 14.3. The molecule has 2 aromatic carbocycles. The Morgan fingerprint density at radius 2 is 1.75 bits per heavy atom. The van der Waals surface area contributed by atoms with Gasteiger partial charge in [0.15, 0.2) is 0 Å². The molecule has 0 heterocycles. The number of nitrogens with two attached hydrogens (primary N) is 1. The Kier molecular flexibility index (Phi) is 4.94. The molecular formula is C17H15F4NO2. The zero-order chi connectivity index (χ0) is 18.1. The molecule has 7 heteroatoms. The molecule has 3 N–H and O–H groups in total. The Balaban J connectivity index is 2.33. The second kappa shape index (κ2) is 6.60. The van der Waals surface area contributed by atoms with Crippen LogP contribution in [0.3, 0.4) is 0 Å². The summed E-state index contributed by atoms with van der Waals surface area (Å²) in [5.41, 5.74) is 4.18. The third-order valence-electron chi connectivity index (χ3n) is 3.69. The standard InChI is InChI=1S/C17H15F4NO2/c1-9-2-3-11(14(19)13(9)16(22)24)8-17(20,21)15(23)10-4-6-12(18)7-5-10/h2-7,15,23H,8H2,1H3,(H2,22,24). The van der Waals surface area contributed by atoms with Crippen molar-refractivity contribution in [2.45, 2.75) is 25.4 Å². The van der Waals surface area contributed by atoms with Gasteiger partial charge in [-0.3, -0.25) is 4.79 Å². The molecule has 0 aliphatic carbocycles. The van der Waals surface area contributed by atoms with Crippen molar-refractivity contribution in [2.24, 2.45) is 5.73 Å². The number of amides is 1. The third-order valence-corrected chi connectivity index (χ3v) is 3.69. The van der Waals surface area contributed by atoms with Crippen LogP contribution < -0.4 is 5.73 Å². The maximum atomic E-state index is 14.3. The van der Waals surface area contributed by atoms with Crippen LogP contribution in [0.5, 0.6) is 0 Å². The Bertz CT molecular complexity index is 760. The highest BCUT2D eigenvalue weighted by molar-refractivity contribution is 5.94. The molecule has 0 saturated carbocycles. The van der Waals surface area contributed by atoms with Crippen molar-refractivity contribution in [3.63, 3.8) is 0 Å². The van der Waals surface area contributed by atoms with Crippen molar-refractivity contribution < 1.29 is 27.5 Å².